The van der Waals surface area contributed by atoms with E-state index in [0.717, 1.165) is 19.4 Å². The number of carbonyl (C=O) groups is 1. The molecule has 1 saturated heterocycles. The lowest BCUT2D eigenvalue weighted by molar-refractivity contribution is -0.139. The molecule has 0 aromatic heterocycles. The highest BCUT2D eigenvalue weighted by atomic mass is 35.5. The number of hydrogen-bond donors (Lipinski definition) is 2. The van der Waals surface area contributed by atoms with Crippen molar-refractivity contribution in [2.75, 3.05) is 6.54 Å². The third kappa shape index (κ3) is 3.72. The second kappa shape index (κ2) is 6.03. The summed E-state index contributed by atoms with van der Waals surface area (Å²) in [4.78, 5) is 10.8. The molecule has 0 bridgehead atoms. The lowest BCUT2D eigenvalue weighted by Crippen LogP contribution is -2.29. The van der Waals surface area contributed by atoms with Crippen molar-refractivity contribution in [3.05, 3.63) is 35.4 Å². The van der Waals surface area contributed by atoms with Gasteiger partial charge in [0.25, 0.3) is 0 Å². The molecule has 3 nitrogen and oxygen atoms in total. The molecular weight excluding hydrogens is 238 g/mol. The van der Waals surface area contributed by atoms with Crippen LogP contribution < -0.4 is 5.32 Å². The Labute approximate surface area is 108 Å². The second-order valence-electron chi connectivity index (χ2n) is 4.59. The van der Waals surface area contributed by atoms with Crippen LogP contribution in [-0.4, -0.2) is 23.7 Å². The number of aryl methyl sites for hydroxylation is 1. The smallest absolute Gasteiger partial charge is 0.320 e. The van der Waals surface area contributed by atoms with Gasteiger partial charge in [-0.15, -0.1) is 12.4 Å². The summed E-state index contributed by atoms with van der Waals surface area (Å²) in [5, 5.41) is 11.9. The van der Waals surface area contributed by atoms with Gasteiger partial charge < -0.3 is 10.4 Å². The summed E-state index contributed by atoms with van der Waals surface area (Å²) in [5.74, 6) is -0.283. The molecule has 0 aliphatic carbocycles. The van der Waals surface area contributed by atoms with Crippen molar-refractivity contribution in [3.63, 3.8) is 0 Å². The van der Waals surface area contributed by atoms with E-state index in [4.69, 9.17) is 5.11 Å². The topological polar surface area (TPSA) is 49.3 Å². The van der Waals surface area contributed by atoms with Crippen LogP contribution in [0.5, 0.6) is 0 Å². The van der Waals surface area contributed by atoms with Crippen LogP contribution in [0.4, 0.5) is 0 Å². The highest BCUT2D eigenvalue weighted by Crippen LogP contribution is 2.19. The molecule has 1 aliphatic rings. The number of carboxylic acid groups (broad SMARTS) is 1. The first-order valence-electron chi connectivity index (χ1n) is 5.67. The van der Waals surface area contributed by atoms with Gasteiger partial charge >= 0.3 is 5.97 Å². The quantitative estimate of drug-likeness (QED) is 0.869. The molecular formula is C13H18ClNO2. The fraction of sp³-hybridized carbons (Fsp3) is 0.462. The zero-order valence-corrected chi connectivity index (χ0v) is 10.7. The van der Waals surface area contributed by atoms with Gasteiger partial charge in [-0.2, -0.15) is 0 Å². The Bertz CT molecular complexity index is 395. The Morgan fingerprint density at radius 2 is 2.29 bits per heavy atom. The maximum absolute atomic E-state index is 10.8. The minimum absolute atomic E-state index is 0. The third-order valence-electron chi connectivity index (χ3n) is 3.13. The number of halogens is 1. The zero-order chi connectivity index (χ0) is 11.5. The lowest BCUT2D eigenvalue weighted by Gasteiger charge is -2.08. The maximum Gasteiger partial charge on any atom is 0.320 e. The molecule has 1 heterocycles. The highest BCUT2D eigenvalue weighted by Gasteiger charge is 2.28. The van der Waals surface area contributed by atoms with Gasteiger partial charge in [-0.1, -0.05) is 29.8 Å². The Morgan fingerprint density at radius 1 is 1.53 bits per heavy atom. The average molecular weight is 256 g/mol. The van der Waals surface area contributed by atoms with Crippen molar-refractivity contribution in [1.29, 1.82) is 0 Å². The maximum atomic E-state index is 10.8. The molecule has 1 aliphatic heterocycles. The number of aliphatic carboxylic acids is 1. The molecule has 0 amide bonds. The summed E-state index contributed by atoms with van der Waals surface area (Å²) >= 11 is 0. The van der Waals surface area contributed by atoms with E-state index < -0.39 is 5.97 Å². The minimum atomic E-state index is -0.730. The SMILES string of the molecule is Cc1cccc(CC2CNC(C(=O)O)C2)c1.Cl. The van der Waals surface area contributed by atoms with E-state index in [-0.39, 0.29) is 18.4 Å². The van der Waals surface area contributed by atoms with Crippen molar-refractivity contribution in [2.45, 2.75) is 25.8 Å². The van der Waals surface area contributed by atoms with Crippen LogP contribution in [0.1, 0.15) is 17.5 Å². The van der Waals surface area contributed by atoms with Crippen LogP contribution in [0.25, 0.3) is 0 Å². The van der Waals surface area contributed by atoms with E-state index in [1.807, 2.05) is 0 Å². The van der Waals surface area contributed by atoms with Gasteiger partial charge in [0.1, 0.15) is 6.04 Å². The van der Waals surface area contributed by atoms with E-state index in [9.17, 15) is 4.79 Å². The number of benzene rings is 1. The highest BCUT2D eigenvalue weighted by molar-refractivity contribution is 5.85. The van der Waals surface area contributed by atoms with Crippen molar-refractivity contribution in [3.8, 4) is 0 Å². The second-order valence-corrected chi connectivity index (χ2v) is 4.59. The molecule has 1 aromatic carbocycles. The molecule has 2 rings (SSSR count). The van der Waals surface area contributed by atoms with Crippen molar-refractivity contribution < 1.29 is 9.90 Å². The summed E-state index contributed by atoms with van der Waals surface area (Å²) in [6, 6.07) is 8.07. The monoisotopic (exact) mass is 255 g/mol. The summed E-state index contributed by atoms with van der Waals surface area (Å²) in [6.07, 6.45) is 1.71. The minimum Gasteiger partial charge on any atom is -0.480 e. The van der Waals surface area contributed by atoms with Gasteiger partial charge in [-0.3, -0.25) is 4.79 Å². The molecule has 2 unspecified atom stereocenters. The van der Waals surface area contributed by atoms with Gasteiger partial charge in [0.05, 0.1) is 0 Å². The zero-order valence-electron chi connectivity index (χ0n) is 9.85. The largest absolute Gasteiger partial charge is 0.480 e. The summed E-state index contributed by atoms with van der Waals surface area (Å²) in [5.41, 5.74) is 2.57. The standard InChI is InChI=1S/C13H17NO2.ClH/c1-9-3-2-4-10(5-9)6-11-7-12(13(15)16)14-8-11;/h2-5,11-12,14H,6-8H2,1H3,(H,15,16);1H. The predicted octanol–water partition coefficient (Wildman–Crippen LogP) is 2.02. The Kier molecular flexibility index (Phi) is 4.97. The fourth-order valence-electron chi connectivity index (χ4n) is 2.33. The summed E-state index contributed by atoms with van der Waals surface area (Å²) in [6.45, 7) is 2.89. The molecule has 0 radical (unpaired) electrons. The summed E-state index contributed by atoms with van der Waals surface area (Å²) < 4.78 is 0. The van der Waals surface area contributed by atoms with Crippen molar-refractivity contribution in [2.24, 2.45) is 5.92 Å². The average Bonchev–Trinajstić information content (AvgIpc) is 2.66. The number of rotatable bonds is 3. The fourth-order valence-corrected chi connectivity index (χ4v) is 2.33. The molecule has 1 fully saturated rings. The van der Waals surface area contributed by atoms with Crippen molar-refractivity contribution in [1.82, 2.24) is 5.32 Å². The number of nitrogens with one attached hydrogen (secondary N) is 1. The van der Waals surface area contributed by atoms with E-state index in [2.05, 4.69) is 36.5 Å². The molecule has 0 saturated carbocycles. The van der Waals surface area contributed by atoms with Gasteiger partial charge in [0, 0.05) is 0 Å². The van der Waals surface area contributed by atoms with E-state index in [1.165, 1.54) is 11.1 Å². The number of hydrogen-bond acceptors (Lipinski definition) is 2. The predicted molar refractivity (Wildman–Crippen MR) is 69.7 cm³/mol. The molecule has 1 aromatic rings. The Balaban J connectivity index is 0.00000144. The van der Waals surface area contributed by atoms with Crippen molar-refractivity contribution >= 4 is 18.4 Å². The van der Waals surface area contributed by atoms with Crippen LogP contribution in [0.2, 0.25) is 0 Å². The van der Waals surface area contributed by atoms with Crippen LogP contribution in [0.15, 0.2) is 24.3 Å². The molecule has 17 heavy (non-hydrogen) atoms. The van der Waals surface area contributed by atoms with E-state index in [0.29, 0.717) is 5.92 Å². The van der Waals surface area contributed by atoms with Crippen LogP contribution >= 0.6 is 12.4 Å². The van der Waals surface area contributed by atoms with Gasteiger partial charge in [-0.05, 0) is 37.8 Å². The van der Waals surface area contributed by atoms with Crippen LogP contribution in [0, 0.1) is 12.8 Å². The molecule has 0 spiro atoms. The molecule has 2 N–H and O–H groups in total. The third-order valence-corrected chi connectivity index (χ3v) is 3.13. The van der Waals surface area contributed by atoms with Gasteiger partial charge in [-0.25, -0.2) is 0 Å². The van der Waals surface area contributed by atoms with Gasteiger partial charge in [0.2, 0.25) is 0 Å². The summed E-state index contributed by atoms with van der Waals surface area (Å²) in [7, 11) is 0. The van der Waals surface area contributed by atoms with Crippen LogP contribution in [-0.2, 0) is 11.2 Å². The molecule has 94 valence electrons. The number of carboxylic acids is 1. The van der Waals surface area contributed by atoms with Gasteiger partial charge in [0.15, 0.2) is 0 Å². The Morgan fingerprint density at radius 3 is 2.88 bits per heavy atom. The van der Waals surface area contributed by atoms with E-state index in [1.54, 1.807) is 0 Å². The molecule has 2 atom stereocenters. The lowest BCUT2D eigenvalue weighted by atomic mass is 9.96. The first kappa shape index (κ1) is 14.0. The van der Waals surface area contributed by atoms with E-state index >= 15 is 0 Å². The molecule has 4 heteroatoms. The Hall–Kier alpha value is -1.06. The van der Waals surface area contributed by atoms with Crippen LogP contribution in [0.3, 0.4) is 0 Å². The normalized spacial score (nSPS) is 23.1. The first-order valence-corrected chi connectivity index (χ1v) is 5.67. The first-order chi connectivity index (χ1) is 7.65.